The molecule has 2 aromatic carbocycles. The van der Waals surface area contributed by atoms with Crippen LogP contribution in [0, 0.1) is 0 Å². The first-order chi connectivity index (χ1) is 22.0. The van der Waals surface area contributed by atoms with Crippen molar-refractivity contribution in [2.24, 2.45) is 9.98 Å². The summed E-state index contributed by atoms with van der Waals surface area (Å²) in [5.74, 6) is 0.290. The first-order valence-corrected chi connectivity index (χ1v) is 16.8. The van der Waals surface area contributed by atoms with Crippen molar-refractivity contribution in [3.8, 4) is 11.5 Å². The van der Waals surface area contributed by atoms with E-state index in [0.717, 1.165) is 19.4 Å². The third-order valence-electron chi connectivity index (χ3n) is 7.60. The van der Waals surface area contributed by atoms with E-state index in [1.165, 1.54) is 51.4 Å². The Morgan fingerprint density at radius 2 is 1.07 bits per heavy atom. The zero-order valence-electron chi connectivity index (χ0n) is 27.3. The molecule has 0 bridgehead atoms. The number of hydrogen-bond acceptors (Lipinski definition) is 7. The van der Waals surface area contributed by atoms with Crippen molar-refractivity contribution >= 4 is 24.2 Å². The second kappa shape index (κ2) is 24.6. The number of aromatic hydroxyl groups is 2. The molecule has 0 saturated carbocycles. The zero-order chi connectivity index (χ0) is 32.4. The second-order valence-corrected chi connectivity index (χ2v) is 11.4. The first kappa shape index (κ1) is 37.5. The molecule has 248 valence electrons. The van der Waals surface area contributed by atoms with E-state index in [2.05, 4.69) is 32.4 Å². The molecular formula is C36H55N5O4. The number of nitrogens with one attached hydrogen (secondary N) is 2. The van der Waals surface area contributed by atoms with Crippen LogP contribution in [-0.4, -0.2) is 85.2 Å². The van der Waals surface area contributed by atoms with Crippen molar-refractivity contribution in [2.45, 2.75) is 84.0 Å². The minimum absolute atomic E-state index is 0.0346. The van der Waals surface area contributed by atoms with Crippen LogP contribution in [0.2, 0.25) is 0 Å². The zero-order valence-corrected chi connectivity index (χ0v) is 27.3. The highest BCUT2D eigenvalue weighted by Gasteiger charge is 2.11. The number of aliphatic imine (C=N–C) groups is 2. The SMILES string of the molecule is CCCCCCCCCCCCN(CCC(=O)NCCN=Cc1ccccc1O)CCC(=O)NCCN=Cc1ccccc1O. The smallest absolute Gasteiger partial charge is 0.221 e. The number of benzene rings is 2. The number of phenolic OH excluding ortho intramolecular Hbond substituents is 2. The largest absolute Gasteiger partial charge is 0.507 e. The summed E-state index contributed by atoms with van der Waals surface area (Å²) in [6.45, 7) is 6.03. The average molecular weight is 622 g/mol. The Kier molecular flexibility index (Phi) is 20.5. The number of carbonyl (C=O) groups is 2. The fraction of sp³-hybridized carbons (Fsp3) is 0.556. The number of unbranched alkanes of at least 4 members (excludes halogenated alkanes) is 9. The summed E-state index contributed by atoms with van der Waals surface area (Å²) in [5, 5.41) is 25.5. The molecule has 0 aromatic heterocycles. The van der Waals surface area contributed by atoms with Gasteiger partial charge in [0, 0.05) is 62.6 Å². The number of hydrogen-bond donors (Lipinski definition) is 4. The summed E-state index contributed by atoms with van der Waals surface area (Å²) in [6, 6.07) is 14.0. The summed E-state index contributed by atoms with van der Waals surface area (Å²) in [5.41, 5.74) is 1.30. The molecule has 0 aliphatic carbocycles. The number of nitrogens with zero attached hydrogens (tertiary/aromatic N) is 3. The molecule has 0 unspecified atom stereocenters. The molecule has 0 radical (unpaired) electrons. The maximum absolute atomic E-state index is 12.5. The maximum atomic E-state index is 12.5. The molecule has 9 nitrogen and oxygen atoms in total. The Hall–Kier alpha value is -3.72. The lowest BCUT2D eigenvalue weighted by molar-refractivity contribution is -0.121. The highest BCUT2D eigenvalue weighted by Crippen LogP contribution is 2.14. The Labute approximate surface area is 270 Å². The molecule has 0 aliphatic rings. The van der Waals surface area contributed by atoms with Crippen molar-refractivity contribution < 1.29 is 19.8 Å². The highest BCUT2D eigenvalue weighted by atomic mass is 16.3. The van der Waals surface area contributed by atoms with Crippen molar-refractivity contribution in [3.05, 3.63) is 59.7 Å². The molecule has 4 N–H and O–H groups in total. The van der Waals surface area contributed by atoms with Crippen molar-refractivity contribution in [1.29, 1.82) is 0 Å². The van der Waals surface area contributed by atoms with E-state index in [0.29, 0.717) is 63.2 Å². The van der Waals surface area contributed by atoms with E-state index in [1.807, 2.05) is 12.1 Å². The normalized spacial score (nSPS) is 11.5. The Morgan fingerprint density at radius 1 is 0.644 bits per heavy atom. The van der Waals surface area contributed by atoms with Gasteiger partial charge in [0.1, 0.15) is 11.5 Å². The van der Waals surface area contributed by atoms with Crippen LogP contribution >= 0.6 is 0 Å². The van der Waals surface area contributed by atoms with Gasteiger partial charge in [-0.2, -0.15) is 0 Å². The van der Waals surface area contributed by atoms with Gasteiger partial charge in [-0.15, -0.1) is 0 Å². The third kappa shape index (κ3) is 18.6. The lowest BCUT2D eigenvalue weighted by atomic mass is 10.1. The van der Waals surface area contributed by atoms with Crippen LogP contribution in [0.5, 0.6) is 11.5 Å². The van der Waals surface area contributed by atoms with E-state index >= 15 is 0 Å². The molecule has 0 fully saturated rings. The molecule has 0 spiro atoms. The van der Waals surface area contributed by atoms with Crippen LogP contribution in [0.1, 0.15) is 95.1 Å². The molecule has 0 heterocycles. The first-order valence-electron chi connectivity index (χ1n) is 16.8. The quantitative estimate of drug-likeness (QED) is 0.0815. The van der Waals surface area contributed by atoms with Crippen LogP contribution in [0.3, 0.4) is 0 Å². The van der Waals surface area contributed by atoms with Crippen LogP contribution in [0.25, 0.3) is 0 Å². The Morgan fingerprint density at radius 3 is 1.51 bits per heavy atom. The van der Waals surface area contributed by atoms with Gasteiger partial charge in [-0.3, -0.25) is 19.6 Å². The van der Waals surface area contributed by atoms with Gasteiger partial charge in [0.15, 0.2) is 0 Å². The topological polar surface area (TPSA) is 127 Å². The van der Waals surface area contributed by atoms with Gasteiger partial charge in [0.05, 0.1) is 13.1 Å². The van der Waals surface area contributed by atoms with Gasteiger partial charge in [-0.05, 0) is 37.2 Å². The summed E-state index contributed by atoms with van der Waals surface area (Å²) >= 11 is 0. The predicted octanol–water partition coefficient (Wildman–Crippen LogP) is 5.87. The lowest BCUT2D eigenvalue weighted by Gasteiger charge is -2.22. The number of rotatable bonds is 25. The van der Waals surface area contributed by atoms with E-state index in [4.69, 9.17) is 0 Å². The predicted molar refractivity (Wildman–Crippen MR) is 185 cm³/mol. The Bertz CT molecular complexity index is 1080. The minimum Gasteiger partial charge on any atom is -0.507 e. The molecule has 2 aromatic rings. The molecule has 2 rings (SSSR count). The number of para-hydroxylation sites is 2. The van der Waals surface area contributed by atoms with Crippen LogP contribution < -0.4 is 10.6 Å². The van der Waals surface area contributed by atoms with Crippen LogP contribution in [0.4, 0.5) is 0 Å². The summed E-state index contributed by atoms with van der Waals surface area (Å²) in [4.78, 5) is 35.8. The average Bonchev–Trinajstić information content (AvgIpc) is 3.04. The molecular weight excluding hydrogens is 566 g/mol. The van der Waals surface area contributed by atoms with E-state index in [9.17, 15) is 19.8 Å². The van der Waals surface area contributed by atoms with Gasteiger partial charge in [0.25, 0.3) is 0 Å². The van der Waals surface area contributed by atoms with Gasteiger partial charge in [-0.1, -0.05) is 89.0 Å². The van der Waals surface area contributed by atoms with Crippen molar-refractivity contribution in [3.63, 3.8) is 0 Å². The highest BCUT2D eigenvalue weighted by molar-refractivity contribution is 5.83. The maximum Gasteiger partial charge on any atom is 0.221 e. The molecule has 0 atom stereocenters. The van der Waals surface area contributed by atoms with E-state index in [-0.39, 0.29) is 23.3 Å². The number of carbonyl (C=O) groups excluding carboxylic acids is 2. The van der Waals surface area contributed by atoms with Crippen molar-refractivity contribution in [2.75, 3.05) is 45.8 Å². The number of amides is 2. The molecule has 45 heavy (non-hydrogen) atoms. The minimum atomic E-state index is -0.0346. The lowest BCUT2D eigenvalue weighted by Crippen LogP contribution is -2.35. The van der Waals surface area contributed by atoms with Crippen LogP contribution in [-0.2, 0) is 9.59 Å². The van der Waals surface area contributed by atoms with Gasteiger partial charge >= 0.3 is 0 Å². The van der Waals surface area contributed by atoms with Crippen molar-refractivity contribution in [1.82, 2.24) is 15.5 Å². The van der Waals surface area contributed by atoms with Gasteiger partial charge < -0.3 is 25.7 Å². The fourth-order valence-corrected chi connectivity index (χ4v) is 4.89. The van der Waals surface area contributed by atoms with E-state index < -0.39 is 0 Å². The summed E-state index contributed by atoms with van der Waals surface area (Å²) in [6.07, 6.45) is 16.6. The second-order valence-electron chi connectivity index (χ2n) is 11.4. The standard InChI is InChI=1S/C36H55N5O4/c1-2-3-4-5-6-7-8-9-10-15-26-41(27-20-35(44)39-24-22-37-29-31-16-11-13-18-33(31)42)28-21-36(45)40-25-23-38-30-32-17-12-14-19-34(32)43/h11-14,16-19,29-30,42-43H,2-10,15,20-28H2,1H3,(H,39,44)(H,40,45). The molecule has 2 amide bonds. The summed E-state index contributed by atoms with van der Waals surface area (Å²) < 4.78 is 0. The molecule has 0 saturated heterocycles. The molecule has 0 aliphatic heterocycles. The summed E-state index contributed by atoms with van der Waals surface area (Å²) in [7, 11) is 0. The third-order valence-corrected chi connectivity index (χ3v) is 7.60. The molecule has 9 heteroatoms. The fourth-order valence-electron chi connectivity index (χ4n) is 4.89. The van der Waals surface area contributed by atoms with Crippen LogP contribution in [0.15, 0.2) is 58.5 Å². The van der Waals surface area contributed by atoms with Gasteiger partial charge in [-0.25, -0.2) is 0 Å². The number of phenols is 2. The monoisotopic (exact) mass is 621 g/mol. The Balaban J connectivity index is 1.69. The van der Waals surface area contributed by atoms with E-state index in [1.54, 1.807) is 48.8 Å². The van der Waals surface area contributed by atoms with Gasteiger partial charge in [0.2, 0.25) is 11.8 Å².